The van der Waals surface area contributed by atoms with Crippen molar-refractivity contribution in [1.29, 1.82) is 0 Å². The van der Waals surface area contributed by atoms with Crippen molar-refractivity contribution in [1.82, 2.24) is 4.98 Å². The summed E-state index contributed by atoms with van der Waals surface area (Å²) in [4.78, 5) is 38.1. The first-order valence-corrected chi connectivity index (χ1v) is 6.94. The van der Waals surface area contributed by atoms with Gasteiger partial charge in [0.1, 0.15) is 0 Å². The van der Waals surface area contributed by atoms with Crippen LogP contribution in [-0.2, 0) is 6.42 Å². The van der Waals surface area contributed by atoms with Gasteiger partial charge in [0, 0.05) is 24.0 Å². The number of aromatic amines is 1. The number of H-pyrrole nitrogens is 1. The Morgan fingerprint density at radius 2 is 1.86 bits per heavy atom. The van der Waals surface area contributed by atoms with Crippen molar-refractivity contribution in [3.63, 3.8) is 0 Å². The number of ketones is 1. The van der Waals surface area contributed by atoms with Gasteiger partial charge in [-0.25, -0.2) is 4.79 Å². The number of fused-ring (bicyclic) bond motifs is 1. The van der Waals surface area contributed by atoms with Crippen LogP contribution in [0.5, 0.6) is 0 Å². The van der Waals surface area contributed by atoms with E-state index < -0.39 is 5.97 Å². The second kappa shape index (κ2) is 5.48. The molecular formula is C16H14N2O4. The first-order valence-electron chi connectivity index (χ1n) is 6.94. The van der Waals surface area contributed by atoms with Crippen LogP contribution in [-0.4, -0.2) is 27.8 Å². The third kappa shape index (κ3) is 2.50. The van der Waals surface area contributed by atoms with Gasteiger partial charge in [-0.1, -0.05) is 0 Å². The standard InChI is InChI=1S/C16H14N2O4/c19-13-3-1-2-12-14(13)11(8-17-12)15(20)18-10-6-4-9(5-7-10)16(21)22/h4-8,17H,1-3H2,(H,18,20)(H,21,22). The molecule has 2 aromatic rings. The van der Waals surface area contributed by atoms with Crippen molar-refractivity contribution in [3.05, 3.63) is 52.8 Å². The van der Waals surface area contributed by atoms with E-state index in [9.17, 15) is 14.4 Å². The molecule has 1 aromatic carbocycles. The Balaban J connectivity index is 1.82. The summed E-state index contributed by atoms with van der Waals surface area (Å²) in [6.45, 7) is 0. The van der Waals surface area contributed by atoms with Crippen LogP contribution in [0.3, 0.4) is 0 Å². The van der Waals surface area contributed by atoms with Gasteiger partial charge in [0.15, 0.2) is 5.78 Å². The van der Waals surface area contributed by atoms with Crippen LogP contribution in [0.2, 0.25) is 0 Å². The molecule has 1 amide bonds. The van der Waals surface area contributed by atoms with Gasteiger partial charge < -0.3 is 15.4 Å². The molecule has 0 radical (unpaired) electrons. The third-order valence-electron chi connectivity index (χ3n) is 3.71. The van der Waals surface area contributed by atoms with E-state index in [2.05, 4.69) is 10.3 Å². The van der Waals surface area contributed by atoms with Crippen molar-refractivity contribution in [2.45, 2.75) is 19.3 Å². The predicted molar refractivity (Wildman–Crippen MR) is 79.4 cm³/mol. The highest BCUT2D eigenvalue weighted by Crippen LogP contribution is 2.24. The van der Waals surface area contributed by atoms with E-state index in [1.54, 1.807) is 6.20 Å². The Labute approximate surface area is 126 Å². The van der Waals surface area contributed by atoms with E-state index in [-0.39, 0.29) is 17.3 Å². The number of rotatable bonds is 3. The van der Waals surface area contributed by atoms with Gasteiger partial charge in [0.2, 0.25) is 0 Å². The van der Waals surface area contributed by atoms with Crippen LogP contribution in [0.4, 0.5) is 5.69 Å². The highest BCUT2D eigenvalue weighted by atomic mass is 16.4. The number of Topliss-reactive ketones (excluding diaryl/α,β-unsaturated/α-hetero) is 1. The van der Waals surface area contributed by atoms with Gasteiger partial charge in [0.25, 0.3) is 5.91 Å². The molecule has 0 unspecified atom stereocenters. The number of amides is 1. The van der Waals surface area contributed by atoms with Crippen molar-refractivity contribution in [2.24, 2.45) is 0 Å². The van der Waals surface area contributed by atoms with Gasteiger partial charge in [-0.3, -0.25) is 9.59 Å². The molecular weight excluding hydrogens is 284 g/mol. The Kier molecular flexibility index (Phi) is 3.50. The smallest absolute Gasteiger partial charge is 0.335 e. The molecule has 0 aliphatic heterocycles. The summed E-state index contributed by atoms with van der Waals surface area (Å²) in [5.41, 5.74) is 2.25. The lowest BCUT2D eigenvalue weighted by Gasteiger charge is -2.11. The lowest BCUT2D eigenvalue weighted by atomic mass is 9.93. The molecule has 22 heavy (non-hydrogen) atoms. The summed E-state index contributed by atoms with van der Waals surface area (Å²) in [5.74, 6) is -1.42. The normalized spacial score (nSPS) is 13.5. The van der Waals surface area contributed by atoms with Crippen LogP contribution in [0.15, 0.2) is 30.5 Å². The number of hydrogen-bond donors (Lipinski definition) is 3. The molecule has 0 saturated carbocycles. The van der Waals surface area contributed by atoms with Crippen molar-refractivity contribution >= 4 is 23.3 Å². The minimum Gasteiger partial charge on any atom is -0.478 e. The van der Waals surface area contributed by atoms with Gasteiger partial charge in [0.05, 0.1) is 16.7 Å². The highest BCUT2D eigenvalue weighted by molar-refractivity contribution is 6.13. The van der Waals surface area contributed by atoms with Crippen molar-refractivity contribution in [3.8, 4) is 0 Å². The van der Waals surface area contributed by atoms with Crippen LogP contribution in [0.25, 0.3) is 0 Å². The van der Waals surface area contributed by atoms with Crippen LogP contribution < -0.4 is 5.32 Å². The van der Waals surface area contributed by atoms with Crippen LogP contribution >= 0.6 is 0 Å². The quantitative estimate of drug-likeness (QED) is 0.810. The molecule has 0 spiro atoms. The zero-order valence-electron chi connectivity index (χ0n) is 11.7. The average Bonchev–Trinajstić information content (AvgIpc) is 2.93. The maximum absolute atomic E-state index is 12.3. The third-order valence-corrected chi connectivity index (χ3v) is 3.71. The van der Waals surface area contributed by atoms with E-state index in [4.69, 9.17) is 5.11 Å². The zero-order chi connectivity index (χ0) is 15.7. The molecule has 3 rings (SSSR count). The number of aryl methyl sites for hydroxylation is 1. The zero-order valence-corrected chi connectivity index (χ0v) is 11.7. The van der Waals surface area contributed by atoms with Gasteiger partial charge in [-0.2, -0.15) is 0 Å². The molecule has 6 nitrogen and oxygen atoms in total. The topological polar surface area (TPSA) is 99.3 Å². The lowest BCUT2D eigenvalue weighted by molar-refractivity contribution is 0.0696. The monoisotopic (exact) mass is 298 g/mol. The lowest BCUT2D eigenvalue weighted by Crippen LogP contribution is -2.18. The average molecular weight is 298 g/mol. The fourth-order valence-electron chi connectivity index (χ4n) is 2.61. The summed E-state index contributed by atoms with van der Waals surface area (Å²) in [6.07, 6.45) is 3.57. The summed E-state index contributed by atoms with van der Waals surface area (Å²) in [6, 6.07) is 5.86. The number of nitrogens with one attached hydrogen (secondary N) is 2. The molecule has 6 heteroatoms. The molecule has 1 aromatic heterocycles. The first-order chi connectivity index (χ1) is 10.6. The van der Waals surface area contributed by atoms with Crippen LogP contribution in [0, 0.1) is 0 Å². The number of aromatic carboxylic acids is 1. The van der Waals surface area contributed by atoms with Crippen LogP contribution in [0.1, 0.15) is 49.6 Å². The molecule has 3 N–H and O–H groups in total. The summed E-state index contributed by atoms with van der Waals surface area (Å²) in [7, 11) is 0. The van der Waals surface area contributed by atoms with Crippen molar-refractivity contribution in [2.75, 3.05) is 5.32 Å². The minimum absolute atomic E-state index is 0.0196. The molecule has 0 bridgehead atoms. The summed E-state index contributed by atoms with van der Waals surface area (Å²) < 4.78 is 0. The molecule has 0 fully saturated rings. The Morgan fingerprint density at radius 3 is 2.55 bits per heavy atom. The predicted octanol–water partition coefficient (Wildman–Crippen LogP) is 2.48. The minimum atomic E-state index is -1.02. The highest BCUT2D eigenvalue weighted by Gasteiger charge is 2.25. The maximum atomic E-state index is 12.3. The number of carboxylic acid groups (broad SMARTS) is 1. The number of carbonyl (C=O) groups excluding carboxylic acids is 2. The number of anilines is 1. The molecule has 0 atom stereocenters. The number of carbonyl (C=O) groups is 3. The van der Waals surface area contributed by atoms with Gasteiger partial charge in [-0.15, -0.1) is 0 Å². The Hall–Kier alpha value is -2.89. The summed E-state index contributed by atoms with van der Waals surface area (Å²) in [5, 5.41) is 11.5. The van der Waals surface area contributed by atoms with Crippen molar-refractivity contribution < 1.29 is 19.5 Å². The summed E-state index contributed by atoms with van der Waals surface area (Å²) >= 11 is 0. The van der Waals surface area contributed by atoms with E-state index in [0.717, 1.165) is 18.5 Å². The van der Waals surface area contributed by atoms with E-state index in [1.165, 1.54) is 24.3 Å². The van der Waals surface area contributed by atoms with Gasteiger partial charge in [-0.05, 0) is 37.1 Å². The Morgan fingerprint density at radius 1 is 1.14 bits per heavy atom. The molecule has 1 aliphatic rings. The number of aromatic nitrogens is 1. The van der Waals surface area contributed by atoms with E-state index >= 15 is 0 Å². The molecule has 0 saturated heterocycles. The number of hydrogen-bond acceptors (Lipinski definition) is 3. The molecule has 112 valence electrons. The van der Waals surface area contributed by atoms with E-state index in [0.29, 0.717) is 23.2 Å². The SMILES string of the molecule is O=C(O)c1ccc(NC(=O)c2c[nH]c3c2C(=O)CCC3)cc1. The number of benzene rings is 1. The fraction of sp³-hybridized carbons (Fsp3) is 0.188. The largest absolute Gasteiger partial charge is 0.478 e. The Bertz CT molecular complexity index is 759. The molecule has 1 aliphatic carbocycles. The maximum Gasteiger partial charge on any atom is 0.335 e. The number of carboxylic acids is 1. The molecule has 1 heterocycles. The second-order valence-electron chi connectivity index (χ2n) is 5.17. The first kappa shape index (κ1) is 14.1. The van der Waals surface area contributed by atoms with Gasteiger partial charge >= 0.3 is 5.97 Å². The fourth-order valence-corrected chi connectivity index (χ4v) is 2.61. The van der Waals surface area contributed by atoms with E-state index in [1.807, 2.05) is 0 Å². The second-order valence-corrected chi connectivity index (χ2v) is 5.17.